The first-order valence-corrected chi connectivity index (χ1v) is 8.40. The molecule has 3 rings (SSSR count). The van der Waals surface area contributed by atoms with Crippen LogP contribution in [0.1, 0.15) is 28.8 Å². The Morgan fingerprint density at radius 3 is 2.88 bits per heavy atom. The van der Waals surface area contributed by atoms with Gasteiger partial charge in [-0.3, -0.25) is 14.6 Å². The van der Waals surface area contributed by atoms with E-state index in [1.807, 2.05) is 30.3 Å². The molecule has 1 aromatic heterocycles. The second-order valence-corrected chi connectivity index (χ2v) is 6.24. The predicted octanol–water partition coefficient (Wildman–Crippen LogP) is 2.04. The van der Waals surface area contributed by atoms with Crippen LogP contribution in [0.15, 0.2) is 48.8 Å². The zero-order chi connectivity index (χ0) is 17.6. The standard InChI is InChI=1S/C19H22N4O2/c1-23-13-15(8-9-18(23)24)22-19(25)16-6-2-3-7-17(16)21-12-14-5-4-10-20-11-14/h2-7,10-11,15,21H,8-9,12-13H2,1H3,(H,22,25)/t15-/m1/s1. The number of para-hydroxylation sites is 1. The molecule has 6 heteroatoms. The summed E-state index contributed by atoms with van der Waals surface area (Å²) in [6, 6.07) is 11.3. The Morgan fingerprint density at radius 1 is 1.28 bits per heavy atom. The van der Waals surface area contributed by atoms with E-state index in [2.05, 4.69) is 15.6 Å². The van der Waals surface area contributed by atoms with Gasteiger partial charge in [-0.25, -0.2) is 0 Å². The van der Waals surface area contributed by atoms with Crippen molar-refractivity contribution in [1.29, 1.82) is 0 Å². The molecule has 0 spiro atoms. The van der Waals surface area contributed by atoms with Gasteiger partial charge in [0.1, 0.15) is 0 Å². The monoisotopic (exact) mass is 338 g/mol. The number of pyridine rings is 1. The fourth-order valence-electron chi connectivity index (χ4n) is 2.93. The van der Waals surface area contributed by atoms with E-state index in [4.69, 9.17) is 0 Å². The molecule has 0 radical (unpaired) electrons. The van der Waals surface area contributed by atoms with Gasteiger partial charge in [-0.2, -0.15) is 0 Å². The van der Waals surface area contributed by atoms with Crippen molar-refractivity contribution in [3.63, 3.8) is 0 Å². The normalized spacial score (nSPS) is 17.2. The molecular formula is C19H22N4O2. The van der Waals surface area contributed by atoms with Gasteiger partial charge in [0.15, 0.2) is 0 Å². The van der Waals surface area contributed by atoms with E-state index in [0.717, 1.165) is 11.3 Å². The molecule has 6 nitrogen and oxygen atoms in total. The quantitative estimate of drug-likeness (QED) is 0.875. The number of aromatic nitrogens is 1. The highest BCUT2D eigenvalue weighted by molar-refractivity contribution is 5.99. The smallest absolute Gasteiger partial charge is 0.253 e. The third-order valence-electron chi connectivity index (χ3n) is 4.34. The molecule has 2 heterocycles. The van der Waals surface area contributed by atoms with Crippen LogP contribution in [0.4, 0.5) is 5.69 Å². The summed E-state index contributed by atoms with van der Waals surface area (Å²) >= 11 is 0. The number of likely N-dealkylation sites (tertiary alicyclic amines) is 1. The molecule has 2 amide bonds. The third-order valence-corrected chi connectivity index (χ3v) is 4.34. The fourth-order valence-corrected chi connectivity index (χ4v) is 2.93. The minimum absolute atomic E-state index is 0.0124. The highest BCUT2D eigenvalue weighted by atomic mass is 16.2. The van der Waals surface area contributed by atoms with E-state index < -0.39 is 0 Å². The molecule has 1 aliphatic rings. The van der Waals surface area contributed by atoms with Gasteiger partial charge in [0.05, 0.1) is 5.56 Å². The number of nitrogens with one attached hydrogen (secondary N) is 2. The van der Waals surface area contributed by atoms with Crippen LogP contribution in [-0.2, 0) is 11.3 Å². The summed E-state index contributed by atoms with van der Waals surface area (Å²) in [5.41, 5.74) is 2.43. The molecule has 130 valence electrons. The number of piperidine rings is 1. The van der Waals surface area contributed by atoms with E-state index in [0.29, 0.717) is 31.5 Å². The summed E-state index contributed by atoms with van der Waals surface area (Å²) in [7, 11) is 1.77. The number of rotatable bonds is 5. The van der Waals surface area contributed by atoms with Crippen LogP contribution < -0.4 is 10.6 Å². The lowest BCUT2D eigenvalue weighted by atomic mass is 10.0. The van der Waals surface area contributed by atoms with Gasteiger partial charge in [0, 0.05) is 50.7 Å². The first-order valence-electron chi connectivity index (χ1n) is 8.40. The van der Waals surface area contributed by atoms with E-state index in [1.54, 1.807) is 30.4 Å². The number of benzene rings is 1. The molecule has 1 atom stereocenters. The number of carbonyl (C=O) groups excluding carboxylic acids is 2. The lowest BCUT2D eigenvalue weighted by molar-refractivity contribution is -0.132. The SMILES string of the molecule is CN1C[C@H](NC(=O)c2ccccc2NCc2cccnc2)CCC1=O. The van der Waals surface area contributed by atoms with Gasteiger partial charge < -0.3 is 15.5 Å². The molecule has 1 fully saturated rings. The van der Waals surface area contributed by atoms with Crippen LogP contribution in [0.25, 0.3) is 0 Å². The molecule has 25 heavy (non-hydrogen) atoms. The summed E-state index contributed by atoms with van der Waals surface area (Å²) in [5, 5.41) is 6.34. The first-order chi connectivity index (χ1) is 12.1. The number of nitrogens with zero attached hydrogens (tertiary/aromatic N) is 2. The lowest BCUT2D eigenvalue weighted by Crippen LogP contribution is -2.48. The molecule has 1 aliphatic heterocycles. The second-order valence-electron chi connectivity index (χ2n) is 6.24. The molecule has 0 bridgehead atoms. The van der Waals surface area contributed by atoms with Crippen molar-refractivity contribution in [3.05, 3.63) is 59.9 Å². The van der Waals surface area contributed by atoms with Gasteiger partial charge in [0.2, 0.25) is 5.91 Å². The van der Waals surface area contributed by atoms with Crippen molar-refractivity contribution in [2.24, 2.45) is 0 Å². The summed E-state index contributed by atoms with van der Waals surface area (Å²) in [5.74, 6) is 0.00562. The van der Waals surface area contributed by atoms with Gasteiger partial charge in [0.25, 0.3) is 5.91 Å². The number of likely N-dealkylation sites (N-methyl/N-ethyl adjacent to an activating group) is 1. The van der Waals surface area contributed by atoms with E-state index in [1.165, 1.54) is 0 Å². The van der Waals surface area contributed by atoms with Gasteiger partial charge in [-0.1, -0.05) is 18.2 Å². The maximum atomic E-state index is 12.7. The second kappa shape index (κ2) is 7.79. The third kappa shape index (κ3) is 4.35. The number of carbonyl (C=O) groups is 2. The number of hydrogen-bond acceptors (Lipinski definition) is 4. The van der Waals surface area contributed by atoms with Crippen LogP contribution >= 0.6 is 0 Å². The largest absolute Gasteiger partial charge is 0.380 e. The Labute approximate surface area is 147 Å². The summed E-state index contributed by atoms with van der Waals surface area (Å²) in [4.78, 5) is 30.0. The molecule has 2 N–H and O–H groups in total. The first kappa shape index (κ1) is 17.0. The zero-order valence-corrected chi connectivity index (χ0v) is 14.2. The van der Waals surface area contributed by atoms with Crippen LogP contribution in [0, 0.1) is 0 Å². The predicted molar refractivity (Wildman–Crippen MR) is 96.1 cm³/mol. The zero-order valence-electron chi connectivity index (χ0n) is 14.2. The van der Waals surface area contributed by atoms with E-state index >= 15 is 0 Å². The molecule has 2 aromatic rings. The van der Waals surface area contributed by atoms with Gasteiger partial charge in [-0.05, 0) is 30.2 Å². The van der Waals surface area contributed by atoms with Crippen LogP contribution in [-0.4, -0.2) is 41.3 Å². The Hall–Kier alpha value is -2.89. The van der Waals surface area contributed by atoms with Crippen molar-refractivity contribution >= 4 is 17.5 Å². The molecule has 0 aliphatic carbocycles. The molecule has 1 saturated heterocycles. The Balaban J connectivity index is 1.65. The van der Waals surface area contributed by atoms with Gasteiger partial charge in [-0.15, -0.1) is 0 Å². The summed E-state index contributed by atoms with van der Waals surface area (Å²) in [6.07, 6.45) is 4.68. The van der Waals surface area contributed by atoms with Crippen LogP contribution in [0.5, 0.6) is 0 Å². The minimum atomic E-state index is -0.123. The van der Waals surface area contributed by atoms with Crippen molar-refractivity contribution in [2.75, 3.05) is 18.9 Å². The maximum Gasteiger partial charge on any atom is 0.253 e. The Kier molecular flexibility index (Phi) is 5.28. The van der Waals surface area contributed by atoms with Crippen LogP contribution in [0.3, 0.4) is 0 Å². The highest BCUT2D eigenvalue weighted by Gasteiger charge is 2.24. The average Bonchev–Trinajstić information content (AvgIpc) is 2.64. The highest BCUT2D eigenvalue weighted by Crippen LogP contribution is 2.17. The topological polar surface area (TPSA) is 74.3 Å². The van der Waals surface area contributed by atoms with Gasteiger partial charge >= 0.3 is 0 Å². The maximum absolute atomic E-state index is 12.7. The van der Waals surface area contributed by atoms with Crippen molar-refractivity contribution in [3.8, 4) is 0 Å². The van der Waals surface area contributed by atoms with E-state index in [9.17, 15) is 9.59 Å². The molecule has 0 unspecified atom stereocenters. The van der Waals surface area contributed by atoms with E-state index in [-0.39, 0.29) is 17.9 Å². The van der Waals surface area contributed by atoms with Crippen molar-refractivity contribution in [2.45, 2.75) is 25.4 Å². The molecular weight excluding hydrogens is 316 g/mol. The average molecular weight is 338 g/mol. The van der Waals surface area contributed by atoms with Crippen molar-refractivity contribution < 1.29 is 9.59 Å². The minimum Gasteiger partial charge on any atom is -0.380 e. The summed E-state index contributed by atoms with van der Waals surface area (Å²) < 4.78 is 0. The number of hydrogen-bond donors (Lipinski definition) is 2. The lowest BCUT2D eigenvalue weighted by Gasteiger charge is -2.30. The molecule has 1 aromatic carbocycles. The fraction of sp³-hybridized carbons (Fsp3) is 0.316. The molecule has 0 saturated carbocycles. The number of amides is 2. The Bertz CT molecular complexity index is 748. The van der Waals surface area contributed by atoms with Crippen LogP contribution in [0.2, 0.25) is 0 Å². The van der Waals surface area contributed by atoms with Crippen molar-refractivity contribution in [1.82, 2.24) is 15.2 Å². The number of anilines is 1. The Morgan fingerprint density at radius 2 is 2.12 bits per heavy atom. The summed E-state index contributed by atoms with van der Waals surface area (Å²) in [6.45, 7) is 1.15.